The third-order valence-electron chi connectivity index (χ3n) is 5.03. The molecule has 0 unspecified atom stereocenters. The van der Waals surface area contributed by atoms with Crippen molar-refractivity contribution in [1.82, 2.24) is 5.32 Å². The Balaban J connectivity index is 1.90. The maximum Gasteiger partial charge on any atom is 0.311 e. The van der Waals surface area contributed by atoms with Gasteiger partial charge in [-0.1, -0.05) is 38.5 Å². The van der Waals surface area contributed by atoms with Gasteiger partial charge in [-0.2, -0.15) is 5.26 Å². The first-order chi connectivity index (χ1) is 16.5. The third kappa shape index (κ3) is 8.62. The van der Waals surface area contributed by atoms with Gasteiger partial charge in [-0.3, -0.25) is 9.59 Å². The van der Waals surface area contributed by atoms with Crippen LogP contribution in [0.15, 0.2) is 48.0 Å². The third-order valence-corrected chi connectivity index (χ3v) is 5.03. The monoisotopic (exact) mass is 464 g/mol. The van der Waals surface area contributed by atoms with Gasteiger partial charge in [-0.25, -0.2) is 0 Å². The number of amides is 1. The minimum Gasteiger partial charge on any atom is -0.494 e. The standard InChI is InChI=1S/C27H32N2O5/c1-4-6-15-29-27(31)22(19-28)17-21-11-14-24(25(18-21)32-3)34-26(30)8-7-16-33-23-12-9-20(5-2)10-13-23/h9-14,17-18H,4-8,15-16H2,1-3H3,(H,29,31)/b22-17+. The first-order valence-corrected chi connectivity index (χ1v) is 11.5. The Bertz CT molecular complexity index is 1020. The number of nitrogens with one attached hydrogen (secondary N) is 1. The van der Waals surface area contributed by atoms with E-state index in [9.17, 15) is 14.9 Å². The number of aryl methyl sites for hydroxylation is 1. The second-order valence-electron chi connectivity index (χ2n) is 7.61. The van der Waals surface area contributed by atoms with Gasteiger partial charge in [0.2, 0.25) is 0 Å². The zero-order chi connectivity index (χ0) is 24.8. The lowest BCUT2D eigenvalue weighted by molar-refractivity contribution is -0.134. The van der Waals surface area contributed by atoms with Gasteiger partial charge in [-0.15, -0.1) is 0 Å². The highest BCUT2D eigenvalue weighted by atomic mass is 16.6. The van der Waals surface area contributed by atoms with Crippen LogP contribution in [0.4, 0.5) is 0 Å². The minimum atomic E-state index is -0.422. The average molecular weight is 465 g/mol. The summed E-state index contributed by atoms with van der Waals surface area (Å²) in [6.07, 6.45) is 4.94. The zero-order valence-electron chi connectivity index (χ0n) is 20.1. The maximum atomic E-state index is 12.3. The van der Waals surface area contributed by atoms with Gasteiger partial charge < -0.3 is 19.5 Å². The smallest absolute Gasteiger partial charge is 0.311 e. The molecule has 0 aliphatic rings. The summed E-state index contributed by atoms with van der Waals surface area (Å²) >= 11 is 0. The number of methoxy groups -OCH3 is 1. The van der Waals surface area contributed by atoms with E-state index < -0.39 is 11.9 Å². The van der Waals surface area contributed by atoms with Crippen molar-refractivity contribution < 1.29 is 23.8 Å². The summed E-state index contributed by atoms with van der Waals surface area (Å²) in [5, 5.41) is 12.0. The Morgan fingerprint density at radius 3 is 2.47 bits per heavy atom. The van der Waals surface area contributed by atoms with E-state index in [2.05, 4.69) is 12.2 Å². The lowest BCUT2D eigenvalue weighted by atomic mass is 10.1. The Kier molecular flexibility index (Phi) is 11.2. The topological polar surface area (TPSA) is 97.7 Å². The molecule has 0 spiro atoms. The van der Waals surface area contributed by atoms with Crippen LogP contribution in [0.5, 0.6) is 17.2 Å². The van der Waals surface area contributed by atoms with Gasteiger partial charge in [-0.05, 0) is 60.7 Å². The zero-order valence-corrected chi connectivity index (χ0v) is 20.1. The van der Waals surface area contributed by atoms with E-state index in [1.165, 1.54) is 18.7 Å². The number of rotatable bonds is 13. The first-order valence-electron chi connectivity index (χ1n) is 11.5. The van der Waals surface area contributed by atoms with Gasteiger partial charge in [0.15, 0.2) is 11.5 Å². The van der Waals surface area contributed by atoms with Gasteiger partial charge in [0.05, 0.1) is 13.7 Å². The molecule has 34 heavy (non-hydrogen) atoms. The van der Waals surface area contributed by atoms with Crippen LogP contribution in [0.1, 0.15) is 50.7 Å². The lowest BCUT2D eigenvalue weighted by Gasteiger charge is -2.11. The summed E-state index contributed by atoms with van der Waals surface area (Å²) in [4.78, 5) is 24.4. The van der Waals surface area contributed by atoms with Gasteiger partial charge >= 0.3 is 5.97 Å². The normalized spacial score (nSPS) is 10.8. The number of ether oxygens (including phenoxy) is 3. The molecule has 2 aromatic rings. The molecule has 0 fully saturated rings. The molecule has 0 atom stereocenters. The molecule has 2 rings (SSSR count). The van der Waals surface area contributed by atoms with Crippen LogP contribution in [0.3, 0.4) is 0 Å². The van der Waals surface area contributed by atoms with E-state index in [0.717, 1.165) is 25.0 Å². The van der Waals surface area contributed by atoms with E-state index in [1.807, 2.05) is 37.3 Å². The van der Waals surface area contributed by atoms with Crippen molar-refractivity contribution in [2.75, 3.05) is 20.3 Å². The van der Waals surface area contributed by atoms with Gasteiger partial charge in [0.25, 0.3) is 5.91 Å². The van der Waals surface area contributed by atoms with Crippen molar-refractivity contribution in [3.05, 3.63) is 59.2 Å². The molecule has 1 amide bonds. The molecule has 2 aromatic carbocycles. The van der Waals surface area contributed by atoms with Crippen LogP contribution in [0.2, 0.25) is 0 Å². The molecule has 0 aromatic heterocycles. The number of carbonyl (C=O) groups is 2. The van der Waals surface area contributed by atoms with Crippen LogP contribution in [0, 0.1) is 11.3 Å². The largest absolute Gasteiger partial charge is 0.494 e. The molecule has 0 heterocycles. The van der Waals surface area contributed by atoms with Gasteiger partial charge in [0.1, 0.15) is 17.4 Å². The molecular formula is C27H32N2O5. The summed E-state index contributed by atoms with van der Waals surface area (Å²) in [6, 6.07) is 14.7. The van der Waals surface area contributed by atoms with E-state index in [4.69, 9.17) is 14.2 Å². The Morgan fingerprint density at radius 2 is 1.82 bits per heavy atom. The molecule has 7 heteroatoms. The van der Waals surface area contributed by atoms with Crippen molar-refractivity contribution in [2.45, 2.75) is 46.0 Å². The fourth-order valence-electron chi connectivity index (χ4n) is 3.05. The quantitative estimate of drug-likeness (QED) is 0.150. The molecule has 0 aliphatic carbocycles. The molecule has 0 aliphatic heterocycles. The number of benzene rings is 2. The van der Waals surface area contributed by atoms with Gasteiger partial charge in [0, 0.05) is 13.0 Å². The predicted molar refractivity (Wildman–Crippen MR) is 131 cm³/mol. The molecule has 0 saturated heterocycles. The molecule has 0 radical (unpaired) electrons. The van der Waals surface area contributed by atoms with Crippen molar-refractivity contribution >= 4 is 18.0 Å². The number of nitriles is 1. The first kappa shape index (κ1) is 26.5. The predicted octanol–water partition coefficient (Wildman–Crippen LogP) is 4.85. The van der Waals surface area contributed by atoms with Crippen molar-refractivity contribution in [2.24, 2.45) is 0 Å². The molecule has 1 N–H and O–H groups in total. The maximum absolute atomic E-state index is 12.3. The number of unbranched alkanes of at least 4 members (excludes halogenated alkanes) is 1. The van der Waals surface area contributed by atoms with E-state index >= 15 is 0 Å². The Morgan fingerprint density at radius 1 is 1.06 bits per heavy atom. The number of nitrogens with zero attached hydrogens (tertiary/aromatic N) is 1. The average Bonchev–Trinajstić information content (AvgIpc) is 2.86. The number of esters is 1. The van der Waals surface area contributed by atoms with Crippen molar-refractivity contribution in [1.29, 1.82) is 5.26 Å². The fourth-order valence-corrected chi connectivity index (χ4v) is 3.05. The number of hydrogen-bond donors (Lipinski definition) is 1. The fraction of sp³-hybridized carbons (Fsp3) is 0.370. The Hall–Kier alpha value is -3.79. The second kappa shape index (κ2) is 14.4. The van der Waals surface area contributed by atoms with Crippen molar-refractivity contribution in [3.8, 4) is 23.3 Å². The van der Waals surface area contributed by atoms with Crippen LogP contribution in [0.25, 0.3) is 6.08 Å². The molecule has 0 saturated carbocycles. The second-order valence-corrected chi connectivity index (χ2v) is 7.61. The van der Waals surface area contributed by atoms with Crippen LogP contribution in [-0.2, 0) is 16.0 Å². The summed E-state index contributed by atoms with van der Waals surface area (Å²) in [7, 11) is 1.46. The van der Waals surface area contributed by atoms with Crippen molar-refractivity contribution in [3.63, 3.8) is 0 Å². The highest BCUT2D eigenvalue weighted by molar-refractivity contribution is 6.01. The molecule has 0 bridgehead atoms. The van der Waals surface area contributed by atoms with E-state index in [1.54, 1.807) is 18.2 Å². The lowest BCUT2D eigenvalue weighted by Crippen LogP contribution is -2.25. The summed E-state index contributed by atoms with van der Waals surface area (Å²) in [5.41, 5.74) is 1.82. The summed E-state index contributed by atoms with van der Waals surface area (Å²) < 4.78 is 16.4. The number of hydrogen-bond acceptors (Lipinski definition) is 6. The number of carbonyl (C=O) groups excluding carboxylic acids is 2. The summed E-state index contributed by atoms with van der Waals surface area (Å²) in [6.45, 7) is 5.04. The van der Waals surface area contributed by atoms with Crippen LogP contribution in [-0.4, -0.2) is 32.1 Å². The van der Waals surface area contributed by atoms with Crippen LogP contribution < -0.4 is 19.5 Å². The molecule has 7 nitrogen and oxygen atoms in total. The highest BCUT2D eigenvalue weighted by Gasteiger charge is 2.13. The minimum absolute atomic E-state index is 0.00719. The Labute approximate surface area is 201 Å². The SMILES string of the molecule is CCCCNC(=O)/C(C#N)=C/c1ccc(OC(=O)CCCOc2ccc(CC)cc2)c(OC)c1. The van der Waals surface area contributed by atoms with Crippen LogP contribution >= 0.6 is 0 Å². The molecule has 180 valence electrons. The highest BCUT2D eigenvalue weighted by Crippen LogP contribution is 2.29. The summed E-state index contributed by atoms with van der Waals surface area (Å²) in [5.74, 6) is 0.546. The van der Waals surface area contributed by atoms with E-state index in [-0.39, 0.29) is 17.7 Å². The molecular weight excluding hydrogens is 432 g/mol. The van der Waals surface area contributed by atoms with E-state index in [0.29, 0.717) is 30.9 Å².